The van der Waals surface area contributed by atoms with Gasteiger partial charge in [-0.15, -0.1) is 0 Å². The molecule has 0 radical (unpaired) electrons. The summed E-state index contributed by atoms with van der Waals surface area (Å²) in [6.45, 7) is 9.84. The topological polar surface area (TPSA) is 57.7 Å². The number of ether oxygens (including phenoxy) is 3. The van der Waals surface area contributed by atoms with E-state index >= 15 is 4.39 Å². The van der Waals surface area contributed by atoms with Gasteiger partial charge in [-0.1, -0.05) is 24.3 Å². The SMILES string of the molecule is CCOC(=O)[C@@H](OC(C)(C)C)c1c(C)c(F)c2ccccc2c1-c1ccc2c3c(ccnc13)CCO2. The second-order valence-electron chi connectivity index (χ2n) is 10.0. The first kappa shape index (κ1) is 24.2. The Balaban J connectivity index is 1.92. The van der Waals surface area contributed by atoms with Gasteiger partial charge >= 0.3 is 5.97 Å². The van der Waals surface area contributed by atoms with E-state index < -0.39 is 17.7 Å². The zero-order valence-electron chi connectivity index (χ0n) is 21.3. The summed E-state index contributed by atoms with van der Waals surface area (Å²) in [5.41, 5.74) is 3.54. The van der Waals surface area contributed by atoms with Crippen LogP contribution in [0, 0.1) is 12.7 Å². The van der Waals surface area contributed by atoms with Crippen molar-refractivity contribution >= 4 is 27.6 Å². The lowest BCUT2D eigenvalue weighted by Gasteiger charge is -2.30. The molecule has 1 aliphatic heterocycles. The molecular weight excluding hydrogens is 457 g/mol. The van der Waals surface area contributed by atoms with E-state index in [1.54, 1.807) is 26.1 Å². The van der Waals surface area contributed by atoms with Gasteiger partial charge in [0.25, 0.3) is 0 Å². The van der Waals surface area contributed by atoms with Gasteiger partial charge in [0.2, 0.25) is 0 Å². The predicted octanol–water partition coefficient (Wildman–Crippen LogP) is 6.86. The highest BCUT2D eigenvalue weighted by molar-refractivity contribution is 6.09. The molecule has 6 heteroatoms. The van der Waals surface area contributed by atoms with E-state index in [-0.39, 0.29) is 12.4 Å². The molecule has 4 aromatic rings. The Morgan fingerprint density at radius 1 is 1.14 bits per heavy atom. The molecule has 0 unspecified atom stereocenters. The lowest BCUT2D eigenvalue weighted by atomic mass is 9.85. The summed E-state index contributed by atoms with van der Waals surface area (Å²) in [7, 11) is 0. The second-order valence-corrected chi connectivity index (χ2v) is 10.0. The van der Waals surface area contributed by atoms with Crippen LogP contribution in [0.15, 0.2) is 48.7 Å². The third-order valence-corrected chi connectivity index (χ3v) is 6.51. The molecule has 2 heterocycles. The van der Waals surface area contributed by atoms with Gasteiger partial charge in [-0.05, 0) is 74.9 Å². The lowest BCUT2D eigenvalue weighted by Crippen LogP contribution is -2.30. The highest BCUT2D eigenvalue weighted by atomic mass is 19.1. The number of fused-ring (bicyclic) bond motifs is 1. The van der Waals surface area contributed by atoms with Crippen molar-refractivity contribution in [3.63, 3.8) is 0 Å². The molecule has 5 rings (SSSR count). The van der Waals surface area contributed by atoms with Crippen LogP contribution < -0.4 is 4.74 Å². The molecule has 36 heavy (non-hydrogen) atoms. The second kappa shape index (κ2) is 9.17. The Kier molecular flexibility index (Phi) is 6.17. The van der Waals surface area contributed by atoms with E-state index in [1.807, 2.05) is 57.2 Å². The van der Waals surface area contributed by atoms with Gasteiger partial charge < -0.3 is 14.2 Å². The summed E-state index contributed by atoms with van der Waals surface area (Å²) in [6, 6.07) is 13.2. The molecule has 1 aromatic heterocycles. The van der Waals surface area contributed by atoms with Crippen LogP contribution in [0.5, 0.6) is 5.75 Å². The minimum atomic E-state index is -1.12. The van der Waals surface area contributed by atoms with Crippen LogP contribution in [0.4, 0.5) is 4.39 Å². The first-order chi connectivity index (χ1) is 17.2. The van der Waals surface area contributed by atoms with Crippen LogP contribution in [0.1, 0.15) is 50.5 Å². The predicted molar refractivity (Wildman–Crippen MR) is 139 cm³/mol. The monoisotopic (exact) mass is 487 g/mol. The fourth-order valence-electron chi connectivity index (χ4n) is 5.06. The number of hydrogen-bond acceptors (Lipinski definition) is 5. The van der Waals surface area contributed by atoms with Crippen molar-refractivity contribution in [2.45, 2.75) is 52.7 Å². The van der Waals surface area contributed by atoms with Gasteiger partial charge in [0, 0.05) is 34.5 Å². The molecular formula is C30H30FNO4. The minimum absolute atomic E-state index is 0.188. The van der Waals surface area contributed by atoms with E-state index in [0.717, 1.165) is 34.2 Å². The molecule has 5 nitrogen and oxygen atoms in total. The molecule has 3 aromatic carbocycles. The number of rotatable bonds is 5. The maximum Gasteiger partial charge on any atom is 0.339 e. The van der Waals surface area contributed by atoms with Crippen LogP contribution in [-0.2, 0) is 20.7 Å². The van der Waals surface area contributed by atoms with Crippen molar-refractivity contribution in [1.82, 2.24) is 4.98 Å². The summed E-state index contributed by atoms with van der Waals surface area (Å²) < 4.78 is 33.5. The number of nitrogens with zero attached hydrogens (tertiary/aromatic N) is 1. The summed E-state index contributed by atoms with van der Waals surface area (Å²) in [4.78, 5) is 18.1. The number of esters is 1. The van der Waals surface area contributed by atoms with Gasteiger partial charge in [-0.25, -0.2) is 9.18 Å². The summed E-state index contributed by atoms with van der Waals surface area (Å²) in [5.74, 6) is -0.152. The molecule has 0 saturated heterocycles. The van der Waals surface area contributed by atoms with E-state index in [4.69, 9.17) is 19.2 Å². The van der Waals surface area contributed by atoms with Gasteiger partial charge in [-0.3, -0.25) is 4.98 Å². The summed E-state index contributed by atoms with van der Waals surface area (Å²) in [6.07, 6.45) is 1.45. The number of halogens is 1. The highest BCUT2D eigenvalue weighted by Gasteiger charge is 2.35. The third kappa shape index (κ3) is 4.09. The smallest absolute Gasteiger partial charge is 0.339 e. The average Bonchev–Trinajstić information content (AvgIpc) is 2.85. The largest absolute Gasteiger partial charge is 0.493 e. The Morgan fingerprint density at radius 2 is 1.89 bits per heavy atom. The maximum absolute atomic E-state index is 15.9. The number of carbonyl (C=O) groups is 1. The van der Waals surface area contributed by atoms with Crippen LogP contribution in [0.25, 0.3) is 32.8 Å². The van der Waals surface area contributed by atoms with Crippen molar-refractivity contribution in [3.8, 4) is 16.9 Å². The van der Waals surface area contributed by atoms with Crippen molar-refractivity contribution in [1.29, 1.82) is 0 Å². The minimum Gasteiger partial charge on any atom is -0.493 e. The summed E-state index contributed by atoms with van der Waals surface area (Å²) >= 11 is 0. The molecule has 186 valence electrons. The van der Waals surface area contributed by atoms with Crippen molar-refractivity contribution in [2.24, 2.45) is 0 Å². The zero-order chi connectivity index (χ0) is 25.6. The Hall–Kier alpha value is -3.51. The van der Waals surface area contributed by atoms with Crippen molar-refractivity contribution < 1.29 is 23.4 Å². The number of pyridine rings is 1. The molecule has 0 spiro atoms. The first-order valence-electron chi connectivity index (χ1n) is 12.3. The number of hydrogen-bond donors (Lipinski definition) is 0. The standard InChI is InChI=1S/C30H30FNO4/c1-6-34-29(33)28(36-30(3,4)5)23-17(2)26(31)20-10-8-7-9-19(20)25(23)21-11-12-22-24-18(14-16-35-22)13-15-32-27(21)24/h7-13,15,28H,6,14,16H2,1-5H3/t28-/m0/s1. The van der Waals surface area contributed by atoms with E-state index in [2.05, 4.69) is 0 Å². The number of aromatic nitrogens is 1. The third-order valence-electron chi connectivity index (χ3n) is 6.51. The molecule has 0 N–H and O–H groups in total. The molecule has 0 bridgehead atoms. The van der Waals surface area contributed by atoms with E-state index in [0.29, 0.717) is 34.1 Å². The maximum atomic E-state index is 15.9. The fraction of sp³-hybridized carbons (Fsp3) is 0.333. The molecule has 1 aliphatic rings. The van der Waals surface area contributed by atoms with Crippen LogP contribution in [0.2, 0.25) is 0 Å². The molecule has 1 atom stereocenters. The fourth-order valence-corrected chi connectivity index (χ4v) is 5.06. The van der Waals surface area contributed by atoms with Crippen LogP contribution in [0.3, 0.4) is 0 Å². The lowest BCUT2D eigenvalue weighted by molar-refractivity contribution is -0.166. The quantitative estimate of drug-likeness (QED) is 0.288. The van der Waals surface area contributed by atoms with Crippen molar-refractivity contribution in [3.05, 3.63) is 71.2 Å². The molecule has 0 fully saturated rings. The van der Waals surface area contributed by atoms with Crippen molar-refractivity contribution in [2.75, 3.05) is 13.2 Å². The van der Waals surface area contributed by atoms with Crippen LogP contribution >= 0.6 is 0 Å². The van der Waals surface area contributed by atoms with Gasteiger partial charge in [0.15, 0.2) is 6.10 Å². The molecule has 0 amide bonds. The zero-order valence-corrected chi connectivity index (χ0v) is 21.3. The van der Waals surface area contributed by atoms with Crippen LogP contribution in [-0.4, -0.2) is 29.8 Å². The molecule has 0 aliphatic carbocycles. The van der Waals surface area contributed by atoms with Gasteiger partial charge in [-0.2, -0.15) is 0 Å². The Labute approximate surface area is 210 Å². The van der Waals surface area contributed by atoms with E-state index in [1.165, 1.54) is 0 Å². The average molecular weight is 488 g/mol. The van der Waals surface area contributed by atoms with E-state index in [9.17, 15) is 4.79 Å². The number of benzene rings is 3. The normalized spacial score (nSPS) is 14.1. The first-order valence-corrected chi connectivity index (χ1v) is 12.3. The summed E-state index contributed by atoms with van der Waals surface area (Å²) in [5, 5.41) is 2.10. The highest BCUT2D eigenvalue weighted by Crippen LogP contribution is 2.46. The molecule has 0 saturated carbocycles. The van der Waals surface area contributed by atoms with Gasteiger partial charge in [0.05, 0.1) is 24.3 Å². The number of carbonyl (C=O) groups excluding carboxylic acids is 1. The Morgan fingerprint density at radius 3 is 2.61 bits per heavy atom. The van der Waals surface area contributed by atoms with Gasteiger partial charge in [0.1, 0.15) is 11.6 Å². The Bertz CT molecular complexity index is 1480.